The van der Waals surface area contributed by atoms with Crippen LogP contribution in [0, 0.1) is 6.42 Å². The first-order chi connectivity index (χ1) is 4.43. The van der Waals surface area contributed by atoms with Crippen molar-refractivity contribution >= 4 is 0 Å². The molecule has 1 heterocycles. The second-order valence-electron chi connectivity index (χ2n) is 2.79. The van der Waals surface area contributed by atoms with E-state index in [0.717, 1.165) is 6.04 Å². The molecule has 0 bridgehead atoms. The normalized spacial score (nSPS) is 28.3. The van der Waals surface area contributed by atoms with Crippen molar-refractivity contribution in [1.82, 2.24) is 5.32 Å². The summed E-state index contributed by atoms with van der Waals surface area (Å²) in [4.78, 5) is 0. The molecule has 0 aromatic rings. The predicted molar refractivity (Wildman–Crippen MR) is 40.2 cm³/mol. The smallest absolute Gasteiger partial charge is 0.00697 e. The Morgan fingerprint density at radius 1 is 1.56 bits per heavy atom. The Morgan fingerprint density at radius 3 is 3.00 bits per heavy atom. The summed E-state index contributed by atoms with van der Waals surface area (Å²) in [6, 6.07) is 0.795. The topological polar surface area (TPSA) is 12.0 Å². The third-order valence-electron chi connectivity index (χ3n) is 1.93. The molecule has 1 rings (SSSR count). The average Bonchev–Trinajstić information content (AvgIpc) is 1.91. The van der Waals surface area contributed by atoms with Crippen LogP contribution in [0.15, 0.2) is 0 Å². The molecule has 0 aromatic carbocycles. The van der Waals surface area contributed by atoms with Crippen LogP contribution in [0.1, 0.15) is 32.6 Å². The van der Waals surface area contributed by atoms with Crippen LogP contribution >= 0.6 is 0 Å². The molecule has 1 heteroatoms. The molecule has 1 aliphatic heterocycles. The number of hydrogen-bond donors (Lipinski definition) is 1. The molecule has 1 radical (unpaired) electrons. The Balaban J connectivity index is 2.08. The lowest BCUT2D eigenvalue weighted by Crippen LogP contribution is -2.33. The van der Waals surface area contributed by atoms with E-state index in [-0.39, 0.29) is 0 Å². The molecule has 1 unspecified atom stereocenters. The molecule has 1 N–H and O–H groups in total. The maximum Gasteiger partial charge on any atom is 0.00697 e. The molecule has 0 aliphatic carbocycles. The van der Waals surface area contributed by atoms with Crippen molar-refractivity contribution in [3.63, 3.8) is 0 Å². The van der Waals surface area contributed by atoms with Crippen molar-refractivity contribution in [2.24, 2.45) is 0 Å². The first-order valence-electron chi connectivity index (χ1n) is 3.94. The molecule has 0 saturated carbocycles. The van der Waals surface area contributed by atoms with Crippen LogP contribution in [0.2, 0.25) is 0 Å². The van der Waals surface area contributed by atoms with Gasteiger partial charge in [-0.1, -0.05) is 13.3 Å². The van der Waals surface area contributed by atoms with Gasteiger partial charge in [0.2, 0.25) is 0 Å². The van der Waals surface area contributed by atoms with Gasteiger partial charge in [0.15, 0.2) is 0 Å². The zero-order chi connectivity index (χ0) is 6.53. The first kappa shape index (κ1) is 7.07. The molecule has 0 amide bonds. The first-order valence-corrected chi connectivity index (χ1v) is 3.94. The summed E-state index contributed by atoms with van der Waals surface area (Å²) in [6.45, 7) is 3.37. The van der Waals surface area contributed by atoms with Gasteiger partial charge in [-0.25, -0.2) is 0 Å². The van der Waals surface area contributed by atoms with Crippen LogP contribution in [0.3, 0.4) is 0 Å². The Hall–Kier alpha value is -0.0400. The lowest BCUT2D eigenvalue weighted by molar-refractivity contribution is 0.397. The minimum atomic E-state index is 0.795. The average molecular weight is 126 g/mol. The van der Waals surface area contributed by atoms with Gasteiger partial charge in [-0.2, -0.15) is 0 Å². The number of piperidine rings is 1. The Kier molecular flexibility index (Phi) is 3.05. The van der Waals surface area contributed by atoms with Gasteiger partial charge in [-0.3, -0.25) is 0 Å². The van der Waals surface area contributed by atoms with E-state index in [1.165, 1.54) is 32.2 Å². The Labute approximate surface area is 57.8 Å². The lowest BCUT2D eigenvalue weighted by Gasteiger charge is -2.22. The summed E-state index contributed by atoms with van der Waals surface area (Å²) in [5.74, 6) is 0. The SMILES string of the molecule is C[CH]CC1CCCCN1. The molecular formula is C8H16N. The number of nitrogens with one attached hydrogen (secondary N) is 1. The molecule has 1 fully saturated rings. The van der Waals surface area contributed by atoms with Crippen LogP contribution in [-0.4, -0.2) is 12.6 Å². The van der Waals surface area contributed by atoms with Gasteiger partial charge in [-0.05, 0) is 32.2 Å². The predicted octanol–water partition coefficient (Wildman–Crippen LogP) is 1.74. The molecule has 0 spiro atoms. The molecule has 0 aromatic heterocycles. The molecule has 53 valence electrons. The molecular weight excluding hydrogens is 110 g/mol. The van der Waals surface area contributed by atoms with E-state index in [4.69, 9.17) is 0 Å². The minimum absolute atomic E-state index is 0.795. The summed E-state index contributed by atoms with van der Waals surface area (Å²) in [5, 5.41) is 3.49. The summed E-state index contributed by atoms with van der Waals surface area (Å²) in [5.41, 5.74) is 0. The van der Waals surface area contributed by atoms with Crippen LogP contribution in [0.4, 0.5) is 0 Å². The number of rotatable bonds is 2. The highest BCUT2D eigenvalue weighted by Gasteiger charge is 2.09. The lowest BCUT2D eigenvalue weighted by atomic mass is 10.0. The van der Waals surface area contributed by atoms with Crippen molar-refractivity contribution in [3.05, 3.63) is 6.42 Å². The van der Waals surface area contributed by atoms with E-state index in [1.54, 1.807) is 0 Å². The Bertz CT molecular complexity index is 62.2. The van der Waals surface area contributed by atoms with Gasteiger partial charge in [0.05, 0.1) is 0 Å². The van der Waals surface area contributed by atoms with Crippen LogP contribution in [0.25, 0.3) is 0 Å². The van der Waals surface area contributed by atoms with Gasteiger partial charge < -0.3 is 5.32 Å². The second-order valence-corrected chi connectivity index (χ2v) is 2.79. The van der Waals surface area contributed by atoms with Gasteiger partial charge >= 0.3 is 0 Å². The fourth-order valence-electron chi connectivity index (χ4n) is 1.41. The zero-order valence-corrected chi connectivity index (χ0v) is 6.19. The van der Waals surface area contributed by atoms with Gasteiger partial charge in [0, 0.05) is 6.04 Å². The monoisotopic (exact) mass is 126 g/mol. The summed E-state index contributed by atoms with van der Waals surface area (Å²) < 4.78 is 0. The van der Waals surface area contributed by atoms with Crippen molar-refractivity contribution in [3.8, 4) is 0 Å². The summed E-state index contributed by atoms with van der Waals surface area (Å²) >= 11 is 0. The van der Waals surface area contributed by atoms with Gasteiger partial charge in [0.1, 0.15) is 0 Å². The zero-order valence-electron chi connectivity index (χ0n) is 6.19. The van der Waals surface area contributed by atoms with Gasteiger partial charge in [0.25, 0.3) is 0 Å². The van der Waals surface area contributed by atoms with E-state index >= 15 is 0 Å². The highest BCUT2D eigenvalue weighted by molar-refractivity contribution is 4.76. The highest BCUT2D eigenvalue weighted by atomic mass is 14.9. The number of hydrogen-bond acceptors (Lipinski definition) is 1. The maximum absolute atomic E-state index is 3.49. The molecule has 9 heavy (non-hydrogen) atoms. The largest absolute Gasteiger partial charge is 0.314 e. The third kappa shape index (κ3) is 2.35. The third-order valence-corrected chi connectivity index (χ3v) is 1.93. The van der Waals surface area contributed by atoms with Crippen molar-refractivity contribution in [1.29, 1.82) is 0 Å². The highest BCUT2D eigenvalue weighted by Crippen LogP contribution is 2.10. The van der Waals surface area contributed by atoms with E-state index < -0.39 is 0 Å². The quantitative estimate of drug-likeness (QED) is 0.594. The van der Waals surface area contributed by atoms with Crippen molar-refractivity contribution < 1.29 is 0 Å². The summed E-state index contributed by atoms with van der Waals surface area (Å²) in [6.07, 6.45) is 7.68. The van der Waals surface area contributed by atoms with Crippen LogP contribution in [0.5, 0.6) is 0 Å². The van der Waals surface area contributed by atoms with E-state index in [9.17, 15) is 0 Å². The maximum atomic E-state index is 3.49. The second kappa shape index (κ2) is 3.89. The standard InChI is InChI=1S/C8H16N/c1-2-5-8-6-3-4-7-9-8/h2,8-9H,3-7H2,1H3. The fourth-order valence-corrected chi connectivity index (χ4v) is 1.41. The van der Waals surface area contributed by atoms with Crippen LogP contribution in [-0.2, 0) is 0 Å². The molecule has 1 nitrogen and oxygen atoms in total. The van der Waals surface area contributed by atoms with E-state index in [1.807, 2.05) is 0 Å². The Morgan fingerprint density at radius 2 is 2.44 bits per heavy atom. The van der Waals surface area contributed by atoms with Crippen molar-refractivity contribution in [2.45, 2.75) is 38.6 Å². The molecule has 1 atom stereocenters. The van der Waals surface area contributed by atoms with E-state index in [2.05, 4.69) is 18.7 Å². The molecule has 1 aliphatic rings. The summed E-state index contributed by atoms with van der Waals surface area (Å²) in [7, 11) is 0. The molecule has 1 saturated heterocycles. The van der Waals surface area contributed by atoms with E-state index in [0.29, 0.717) is 0 Å². The minimum Gasteiger partial charge on any atom is -0.314 e. The van der Waals surface area contributed by atoms with Gasteiger partial charge in [-0.15, -0.1) is 0 Å². The fraction of sp³-hybridized carbons (Fsp3) is 0.875. The van der Waals surface area contributed by atoms with Crippen LogP contribution < -0.4 is 5.32 Å². The van der Waals surface area contributed by atoms with Crippen molar-refractivity contribution in [2.75, 3.05) is 6.54 Å².